The minimum Gasteiger partial charge on any atom is -0.463 e. The highest BCUT2D eigenvalue weighted by atomic mass is 16.5. The molecule has 4 nitrogen and oxygen atoms in total. The summed E-state index contributed by atoms with van der Waals surface area (Å²) >= 11 is 0. The van der Waals surface area contributed by atoms with E-state index in [1.807, 2.05) is 6.07 Å². The highest BCUT2D eigenvalue weighted by Gasteiger charge is 2.35. The zero-order chi connectivity index (χ0) is 16.8. The van der Waals surface area contributed by atoms with Crippen LogP contribution in [-0.4, -0.2) is 42.2 Å². The van der Waals surface area contributed by atoms with Crippen LogP contribution in [0.3, 0.4) is 0 Å². The van der Waals surface area contributed by atoms with E-state index in [-0.39, 0.29) is 12.0 Å². The van der Waals surface area contributed by atoms with Crippen molar-refractivity contribution in [2.75, 3.05) is 26.2 Å². The van der Waals surface area contributed by atoms with Gasteiger partial charge in [-0.2, -0.15) is 0 Å². The van der Waals surface area contributed by atoms with Crippen molar-refractivity contribution in [2.24, 2.45) is 5.41 Å². The van der Waals surface area contributed by atoms with Crippen molar-refractivity contribution < 1.29 is 14.6 Å². The summed E-state index contributed by atoms with van der Waals surface area (Å²) in [5.74, 6) is -0.605. The SMILES string of the molecule is CCN(CC)CC(C)(C)COC(=O)C(C)(O)c1ccccc1. The molecule has 0 aromatic heterocycles. The Morgan fingerprint density at radius 3 is 2.18 bits per heavy atom. The van der Waals surface area contributed by atoms with Gasteiger partial charge in [0.25, 0.3) is 0 Å². The first-order valence-corrected chi connectivity index (χ1v) is 7.90. The van der Waals surface area contributed by atoms with Crippen molar-refractivity contribution in [3.05, 3.63) is 35.9 Å². The molecule has 0 saturated carbocycles. The molecule has 1 aromatic carbocycles. The van der Waals surface area contributed by atoms with E-state index in [1.54, 1.807) is 24.3 Å². The van der Waals surface area contributed by atoms with Crippen LogP contribution in [0, 0.1) is 5.41 Å². The fourth-order valence-corrected chi connectivity index (χ4v) is 2.38. The summed E-state index contributed by atoms with van der Waals surface area (Å²) in [6, 6.07) is 8.88. The van der Waals surface area contributed by atoms with E-state index >= 15 is 0 Å². The third-order valence-electron chi connectivity index (χ3n) is 3.87. The van der Waals surface area contributed by atoms with Crippen molar-refractivity contribution in [1.82, 2.24) is 4.90 Å². The van der Waals surface area contributed by atoms with Crippen molar-refractivity contribution in [3.8, 4) is 0 Å². The second-order valence-corrected chi connectivity index (χ2v) is 6.64. The molecule has 0 aliphatic rings. The number of hydrogen-bond acceptors (Lipinski definition) is 4. The lowest BCUT2D eigenvalue weighted by Gasteiger charge is -2.32. The molecule has 22 heavy (non-hydrogen) atoms. The molecule has 0 heterocycles. The number of hydrogen-bond donors (Lipinski definition) is 1. The number of carbonyl (C=O) groups is 1. The summed E-state index contributed by atoms with van der Waals surface area (Å²) in [7, 11) is 0. The van der Waals surface area contributed by atoms with Crippen LogP contribution in [0.1, 0.15) is 40.2 Å². The zero-order valence-corrected chi connectivity index (χ0v) is 14.4. The fourth-order valence-electron chi connectivity index (χ4n) is 2.38. The largest absolute Gasteiger partial charge is 0.463 e. The number of esters is 1. The number of nitrogens with zero attached hydrogens (tertiary/aromatic N) is 1. The van der Waals surface area contributed by atoms with Crippen molar-refractivity contribution in [3.63, 3.8) is 0 Å². The maximum Gasteiger partial charge on any atom is 0.342 e. The molecule has 1 rings (SSSR count). The van der Waals surface area contributed by atoms with Gasteiger partial charge < -0.3 is 14.7 Å². The molecule has 1 atom stereocenters. The number of aliphatic hydroxyl groups is 1. The van der Waals surface area contributed by atoms with E-state index in [4.69, 9.17) is 4.74 Å². The van der Waals surface area contributed by atoms with Gasteiger partial charge in [-0.1, -0.05) is 58.0 Å². The smallest absolute Gasteiger partial charge is 0.342 e. The van der Waals surface area contributed by atoms with E-state index < -0.39 is 11.6 Å². The summed E-state index contributed by atoms with van der Waals surface area (Å²) in [4.78, 5) is 14.5. The quantitative estimate of drug-likeness (QED) is 0.750. The predicted molar refractivity (Wildman–Crippen MR) is 88.5 cm³/mol. The van der Waals surface area contributed by atoms with Gasteiger partial charge in [0.15, 0.2) is 5.60 Å². The number of ether oxygens (including phenoxy) is 1. The summed E-state index contributed by atoms with van der Waals surface area (Å²) < 4.78 is 5.40. The van der Waals surface area contributed by atoms with E-state index in [0.29, 0.717) is 5.56 Å². The average Bonchev–Trinajstić information content (AvgIpc) is 2.51. The lowest BCUT2D eigenvalue weighted by molar-refractivity contribution is -0.168. The molecule has 0 aliphatic carbocycles. The van der Waals surface area contributed by atoms with Gasteiger partial charge in [-0.3, -0.25) is 0 Å². The van der Waals surface area contributed by atoms with Crippen LogP contribution < -0.4 is 0 Å². The van der Waals surface area contributed by atoms with E-state index in [0.717, 1.165) is 19.6 Å². The lowest BCUT2D eigenvalue weighted by atomic mass is 9.93. The van der Waals surface area contributed by atoms with Gasteiger partial charge in [0.2, 0.25) is 0 Å². The molecule has 1 N–H and O–H groups in total. The molecule has 0 bridgehead atoms. The summed E-state index contributed by atoms with van der Waals surface area (Å²) in [5.41, 5.74) is -1.23. The molecular formula is C18H29NO3. The van der Waals surface area contributed by atoms with Crippen LogP contribution in [0.25, 0.3) is 0 Å². The molecule has 0 fully saturated rings. The van der Waals surface area contributed by atoms with E-state index in [2.05, 4.69) is 32.6 Å². The molecule has 0 saturated heterocycles. The van der Waals surface area contributed by atoms with E-state index in [1.165, 1.54) is 6.92 Å². The Balaban J connectivity index is 2.65. The van der Waals surface area contributed by atoms with Crippen molar-refractivity contribution >= 4 is 5.97 Å². The van der Waals surface area contributed by atoms with Crippen LogP contribution in [0.4, 0.5) is 0 Å². The number of benzene rings is 1. The van der Waals surface area contributed by atoms with Crippen molar-refractivity contribution in [2.45, 2.75) is 40.2 Å². The highest BCUT2D eigenvalue weighted by Crippen LogP contribution is 2.24. The molecule has 0 spiro atoms. The first kappa shape index (κ1) is 18.7. The second kappa shape index (κ2) is 7.75. The fraction of sp³-hybridized carbons (Fsp3) is 0.611. The lowest BCUT2D eigenvalue weighted by Crippen LogP contribution is -2.40. The second-order valence-electron chi connectivity index (χ2n) is 6.64. The molecule has 1 unspecified atom stereocenters. The van der Waals surface area contributed by atoms with Gasteiger partial charge in [0.05, 0.1) is 6.61 Å². The van der Waals surface area contributed by atoms with Gasteiger partial charge in [-0.25, -0.2) is 4.79 Å². The molecular weight excluding hydrogens is 278 g/mol. The van der Waals surface area contributed by atoms with Gasteiger partial charge in [-0.15, -0.1) is 0 Å². The van der Waals surface area contributed by atoms with Crippen LogP contribution in [0.15, 0.2) is 30.3 Å². The Morgan fingerprint density at radius 2 is 1.68 bits per heavy atom. The minimum absolute atomic E-state index is 0.158. The summed E-state index contributed by atoms with van der Waals surface area (Å²) in [6.45, 7) is 12.9. The minimum atomic E-state index is -1.62. The molecule has 124 valence electrons. The normalized spacial score (nSPS) is 14.7. The maximum atomic E-state index is 12.3. The van der Waals surface area contributed by atoms with Gasteiger partial charge in [0, 0.05) is 12.0 Å². The zero-order valence-electron chi connectivity index (χ0n) is 14.4. The third kappa shape index (κ3) is 5.11. The van der Waals surface area contributed by atoms with Crippen LogP contribution in [0.5, 0.6) is 0 Å². The third-order valence-corrected chi connectivity index (χ3v) is 3.87. The van der Waals surface area contributed by atoms with E-state index in [9.17, 15) is 9.90 Å². The molecule has 0 radical (unpaired) electrons. The molecule has 0 amide bonds. The summed E-state index contributed by atoms with van der Waals surface area (Å²) in [6.07, 6.45) is 0. The monoisotopic (exact) mass is 307 g/mol. The first-order chi connectivity index (χ1) is 10.2. The Kier molecular flexibility index (Phi) is 6.57. The standard InChI is InChI=1S/C18H29NO3/c1-6-19(7-2)13-17(3,4)14-22-16(20)18(5,21)15-11-9-8-10-12-15/h8-12,21H,6-7,13-14H2,1-5H3. The first-order valence-electron chi connectivity index (χ1n) is 7.90. The van der Waals surface area contributed by atoms with Crippen LogP contribution in [-0.2, 0) is 15.1 Å². The van der Waals surface area contributed by atoms with Crippen LogP contribution in [0.2, 0.25) is 0 Å². The molecule has 4 heteroatoms. The van der Waals surface area contributed by atoms with Crippen molar-refractivity contribution in [1.29, 1.82) is 0 Å². The Morgan fingerprint density at radius 1 is 1.14 bits per heavy atom. The Bertz CT molecular complexity index is 464. The summed E-state index contributed by atoms with van der Waals surface area (Å²) in [5, 5.41) is 10.4. The van der Waals surface area contributed by atoms with Crippen LogP contribution >= 0.6 is 0 Å². The maximum absolute atomic E-state index is 12.3. The predicted octanol–water partition coefficient (Wildman–Crippen LogP) is 2.81. The topological polar surface area (TPSA) is 49.8 Å². The Labute approximate surface area is 134 Å². The van der Waals surface area contributed by atoms with Gasteiger partial charge in [-0.05, 0) is 25.6 Å². The molecule has 0 aliphatic heterocycles. The number of carbonyl (C=O) groups excluding carboxylic acids is 1. The molecule has 1 aromatic rings. The average molecular weight is 307 g/mol. The van der Waals surface area contributed by atoms with Gasteiger partial charge >= 0.3 is 5.97 Å². The highest BCUT2D eigenvalue weighted by molar-refractivity contribution is 5.80. The Hall–Kier alpha value is -1.39. The van der Waals surface area contributed by atoms with Gasteiger partial charge in [0.1, 0.15) is 0 Å². The number of rotatable bonds is 8.